The van der Waals surface area contributed by atoms with Crippen molar-refractivity contribution in [2.45, 2.75) is 70.7 Å². The number of nitrogens with one attached hydrogen (secondary N) is 1. The van der Waals surface area contributed by atoms with Crippen molar-refractivity contribution < 1.29 is 18.7 Å². The van der Waals surface area contributed by atoms with Crippen molar-refractivity contribution in [2.24, 2.45) is 5.73 Å². The zero-order valence-electron chi connectivity index (χ0n) is 26.8. The highest BCUT2D eigenvalue weighted by Gasteiger charge is 2.27. The summed E-state index contributed by atoms with van der Waals surface area (Å²) in [6.07, 6.45) is 1.91. The zero-order chi connectivity index (χ0) is 32.9. The van der Waals surface area contributed by atoms with Gasteiger partial charge in [-0.05, 0) is 90.0 Å². The number of thiazole rings is 1. The number of carbonyl (C=O) groups is 1. The Kier molecular flexibility index (Phi) is 10.3. The summed E-state index contributed by atoms with van der Waals surface area (Å²) < 4.78 is 26.9. The van der Waals surface area contributed by atoms with Crippen molar-refractivity contribution >= 4 is 27.5 Å². The van der Waals surface area contributed by atoms with Crippen LogP contribution in [0.1, 0.15) is 78.6 Å². The Labute approximate surface area is 273 Å². The minimum Gasteiger partial charge on any atom is -0.473 e. The molecule has 9 nitrogen and oxygen atoms in total. The lowest BCUT2D eigenvalue weighted by Crippen LogP contribution is -2.49. The van der Waals surface area contributed by atoms with E-state index in [9.17, 15) is 9.18 Å². The van der Waals surface area contributed by atoms with Gasteiger partial charge in [0.25, 0.3) is 5.91 Å². The molecule has 0 aliphatic carbocycles. The number of pyridine rings is 1. The molecule has 0 saturated carbocycles. The van der Waals surface area contributed by atoms with Gasteiger partial charge in [0, 0.05) is 35.3 Å². The molecule has 46 heavy (non-hydrogen) atoms. The van der Waals surface area contributed by atoms with Crippen LogP contribution in [0.5, 0.6) is 5.88 Å². The van der Waals surface area contributed by atoms with Crippen LogP contribution in [-0.4, -0.2) is 58.2 Å². The summed E-state index contributed by atoms with van der Waals surface area (Å²) in [5.74, 6) is 0.148. The monoisotopic (exact) mass is 644 g/mol. The molecule has 0 unspecified atom stereocenters. The first kappa shape index (κ1) is 33.4. The number of rotatable bonds is 12. The van der Waals surface area contributed by atoms with Gasteiger partial charge >= 0.3 is 0 Å². The summed E-state index contributed by atoms with van der Waals surface area (Å²) in [6, 6.07) is 17.7. The first-order valence-electron chi connectivity index (χ1n) is 15.5. The molecule has 5 rings (SSSR count). The van der Waals surface area contributed by atoms with Crippen LogP contribution in [0.3, 0.4) is 0 Å². The Morgan fingerprint density at radius 3 is 2.63 bits per heavy atom. The number of carbonyl (C=O) groups excluding carboxylic acids is 1. The number of hydrogen-bond donors (Lipinski definition) is 2. The van der Waals surface area contributed by atoms with Gasteiger partial charge in [-0.2, -0.15) is 5.26 Å². The average molecular weight is 645 g/mol. The number of likely N-dealkylation sites (tertiary alicyclic amines) is 1. The fourth-order valence-electron chi connectivity index (χ4n) is 5.23. The molecule has 2 aromatic carbocycles. The Hall–Kier alpha value is -3.95. The third-order valence-corrected chi connectivity index (χ3v) is 9.13. The van der Waals surface area contributed by atoms with Crippen molar-refractivity contribution in [2.75, 3.05) is 26.2 Å². The van der Waals surface area contributed by atoms with E-state index >= 15 is 0 Å². The molecular formula is C35H41FN6O3S. The lowest BCUT2D eigenvalue weighted by atomic mass is 9.93. The van der Waals surface area contributed by atoms with Crippen molar-refractivity contribution in [3.63, 3.8) is 0 Å². The molecule has 1 saturated heterocycles. The van der Waals surface area contributed by atoms with E-state index in [1.54, 1.807) is 29.5 Å². The summed E-state index contributed by atoms with van der Waals surface area (Å²) in [6.45, 7) is 11.1. The van der Waals surface area contributed by atoms with Crippen LogP contribution in [0.2, 0.25) is 0 Å². The lowest BCUT2D eigenvalue weighted by Gasteiger charge is -2.31. The van der Waals surface area contributed by atoms with E-state index in [4.69, 9.17) is 30.4 Å². The van der Waals surface area contributed by atoms with Crippen molar-refractivity contribution in [1.82, 2.24) is 20.2 Å². The minimum atomic E-state index is -0.557. The molecule has 4 aromatic rings. The summed E-state index contributed by atoms with van der Waals surface area (Å²) in [5, 5.41) is 13.0. The van der Waals surface area contributed by atoms with E-state index < -0.39 is 17.0 Å². The van der Waals surface area contributed by atoms with Crippen molar-refractivity contribution in [3.8, 4) is 11.9 Å². The molecule has 1 amide bonds. The number of halogens is 1. The maximum atomic E-state index is 14.2. The summed E-state index contributed by atoms with van der Waals surface area (Å²) in [4.78, 5) is 25.0. The zero-order valence-corrected chi connectivity index (χ0v) is 27.6. The van der Waals surface area contributed by atoms with Crippen LogP contribution in [0.15, 0.2) is 54.6 Å². The highest BCUT2D eigenvalue weighted by atomic mass is 32.1. The highest BCUT2D eigenvalue weighted by Crippen LogP contribution is 2.30. The van der Waals surface area contributed by atoms with Crippen molar-refractivity contribution in [3.05, 3.63) is 87.8 Å². The number of ether oxygens (including phenoxy) is 2. The third kappa shape index (κ3) is 8.65. The number of benzene rings is 2. The second-order valence-corrected chi connectivity index (χ2v) is 14.2. The fourth-order valence-corrected chi connectivity index (χ4v) is 6.28. The van der Waals surface area contributed by atoms with Gasteiger partial charge in [-0.3, -0.25) is 9.69 Å². The van der Waals surface area contributed by atoms with E-state index in [0.717, 1.165) is 53.4 Å². The fraction of sp³-hybridized carbons (Fsp3) is 0.429. The number of nitrogens with two attached hydrogens (primary N) is 1. The summed E-state index contributed by atoms with van der Waals surface area (Å²) in [5.41, 5.74) is 7.87. The number of aromatic nitrogens is 2. The number of fused-ring (bicyclic) bond motifs is 1. The first-order valence-corrected chi connectivity index (χ1v) is 16.3. The SMILES string of the molecule is CC(C)(COC(C)(C)CN)NC(=O)c1ccc2nc(CN3CCC(c4cccc(OCc5ccc(C#N)cc5F)n4)CC3)sc2c1. The molecule has 3 heterocycles. The maximum absolute atomic E-state index is 14.2. The topological polar surface area (TPSA) is 126 Å². The van der Waals surface area contributed by atoms with Crippen LogP contribution in [-0.2, 0) is 17.9 Å². The standard InChI is InChI=1S/C35H41FN6O3S/c1-34(2,22-45-35(3,4)21-38)41-33(43)25-10-11-29-30(17-25)46-32(40-29)19-42-14-12-24(13-15-42)28-6-5-7-31(39-28)44-20-26-9-8-23(18-37)16-27(26)36/h5-11,16-17,24H,12-15,19-22,38H2,1-4H3,(H,41,43). The van der Waals surface area contributed by atoms with E-state index in [0.29, 0.717) is 36.1 Å². The molecule has 1 aliphatic heterocycles. The van der Waals surface area contributed by atoms with E-state index in [1.807, 2.05) is 64.1 Å². The van der Waals surface area contributed by atoms with Crippen LogP contribution < -0.4 is 15.8 Å². The number of amides is 1. The molecule has 0 spiro atoms. The Balaban J connectivity index is 1.13. The third-order valence-electron chi connectivity index (χ3n) is 8.13. The molecule has 1 aliphatic rings. The normalized spacial score (nSPS) is 14.7. The molecule has 0 bridgehead atoms. The van der Waals surface area contributed by atoms with Gasteiger partial charge in [-0.25, -0.2) is 14.4 Å². The van der Waals surface area contributed by atoms with Gasteiger partial charge in [0.1, 0.15) is 17.4 Å². The largest absolute Gasteiger partial charge is 0.473 e. The molecule has 0 atom stereocenters. The second-order valence-electron chi connectivity index (χ2n) is 13.0. The molecule has 0 radical (unpaired) electrons. The molecule has 1 fully saturated rings. The first-order chi connectivity index (χ1) is 21.9. The van der Waals surface area contributed by atoms with E-state index in [1.165, 1.54) is 6.07 Å². The van der Waals surface area contributed by atoms with Crippen LogP contribution in [0, 0.1) is 17.1 Å². The van der Waals surface area contributed by atoms with Crippen LogP contribution >= 0.6 is 11.3 Å². The Bertz CT molecular complexity index is 1730. The number of nitrogens with zero attached hydrogens (tertiary/aromatic N) is 4. The highest BCUT2D eigenvalue weighted by molar-refractivity contribution is 7.18. The lowest BCUT2D eigenvalue weighted by molar-refractivity contribution is -0.0350. The molecule has 242 valence electrons. The second kappa shape index (κ2) is 14.2. The molecule has 2 aromatic heterocycles. The van der Waals surface area contributed by atoms with Gasteiger partial charge in [-0.15, -0.1) is 11.3 Å². The molecular weight excluding hydrogens is 603 g/mol. The average Bonchev–Trinajstić information content (AvgIpc) is 3.45. The Morgan fingerprint density at radius 2 is 1.91 bits per heavy atom. The smallest absolute Gasteiger partial charge is 0.251 e. The van der Waals surface area contributed by atoms with E-state index in [-0.39, 0.29) is 18.1 Å². The van der Waals surface area contributed by atoms with Crippen molar-refractivity contribution in [1.29, 1.82) is 5.26 Å². The van der Waals surface area contributed by atoms with Gasteiger partial charge in [0.2, 0.25) is 5.88 Å². The predicted molar refractivity (Wildman–Crippen MR) is 177 cm³/mol. The van der Waals surface area contributed by atoms with Gasteiger partial charge < -0.3 is 20.5 Å². The molecule has 11 heteroatoms. The summed E-state index contributed by atoms with van der Waals surface area (Å²) >= 11 is 1.62. The number of piperidine rings is 1. The van der Waals surface area contributed by atoms with Gasteiger partial charge in [0.15, 0.2) is 0 Å². The Morgan fingerprint density at radius 1 is 1.13 bits per heavy atom. The van der Waals surface area contributed by atoms with Crippen LogP contribution in [0.25, 0.3) is 10.2 Å². The van der Waals surface area contributed by atoms with E-state index in [2.05, 4.69) is 10.2 Å². The quantitative estimate of drug-likeness (QED) is 0.195. The maximum Gasteiger partial charge on any atom is 0.251 e. The van der Waals surface area contributed by atoms with Gasteiger partial charge in [-0.1, -0.05) is 12.1 Å². The number of hydrogen-bond acceptors (Lipinski definition) is 9. The van der Waals surface area contributed by atoms with Gasteiger partial charge in [0.05, 0.1) is 46.1 Å². The summed E-state index contributed by atoms with van der Waals surface area (Å²) in [7, 11) is 0. The number of nitriles is 1. The van der Waals surface area contributed by atoms with Crippen LogP contribution in [0.4, 0.5) is 4.39 Å². The predicted octanol–water partition coefficient (Wildman–Crippen LogP) is 5.92. The minimum absolute atomic E-state index is 0.0431. The molecule has 3 N–H and O–H groups in total.